The molecule has 0 radical (unpaired) electrons. The Bertz CT molecular complexity index is 1100. The normalized spacial score (nSPS) is 16.4. The molecule has 166 valence electrons. The van der Waals surface area contributed by atoms with Gasteiger partial charge in [0, 0.05) is 31.4 Å². The lowest BCUT2D eigenvalue weighted by molar-refractivity contribution is -0.126. The number of carbonyl (C=O) groups excluding carboxylic acids is 1. The summed E-state index contributed by atoms with van der Waals surface area (Å²) in [5, 5.41) is 3.18. The van der Waals surface area contributed by atoms with Gasteiger partial charge in [0.1, 0.15) is 0 Å². The Morgan fingerprint density at radius 1 is 0.938 bits per heavy atom. The first-order chi connectivity index (χ1) is 15.4. The molecule has 1 aliphatic rings. The van der Waals surface area contributed by atoms with Crippen LogP contribution in [0.15, 0.2) is 84.0 Å². The van der Waals surface area contributed by atoms with Gasteiger partial charge in [-0.05, 0) is 55.2 Å². The molecule has 0 bridgehead atoms. The molecule has 0 saturated carbocycles. The third-order valence-corrected chi connectivity index (χ3v) is 7.86. The summed E-state index contributed by atoms with van der Waals surface area (Å²) in [6.07, 6.45) is 4.42. The van der Waals surface area contributed by atoms with Crippen molar-refractivity contribution in [2.75, 3.05) is 13.1 Å². The number of piperidine rings is 1. The minimum absolute atomic E-state index is 0.0527. The molecular weight excluding hydrogens is 422 g/mol. The van der Waals surface area contributed by atoms with E-state index in [9.17, 15) is 13.2 Å². The van der Waals surface area contributed by atoms with Gasteiger partial charge in [-0.2, -0.15) is 4.31 Å². The maximum Gasteiger partial charge on any atom is 0.243 e. The Labute approximate surface area is 189 Å². The van der Waals surface area contributed by atoms with Gasteiger partial charge in [0.2, 0.25) is 15.9 Å². The number of aryl methyl sites for hydroxylation is 1. The van der Waals surface area contributed by atoms with E-state index < -0.39 is 10.0 Å². The molecule has 1 aliphatic heterocycles. The fraction of sp³-hybridized carbons (Fsp3) is 0.280. The van der Waals surface area contributed by atoms with Crippen LogP contribution in [-0.4, -0.2) is 36.7 Å². The van der Waals surface area contributed by atoms with Crippen LogP contribution in [0.3, 0.4) is 0 Å². The molecule has 32 heavy (non-hydrogen) atoms. The summed E-state index contributed by atoms with van der Waals surface area (Å²) in [6.45, 7) is 2.59. The van der Waals surface area contributed by atoms with E-state index in [2.05, 4.69) is 10.3 Å². The third-order valence-electron chi connectivity index (χ3n) is 5.94. The molecule has 1 atom stereocenters. The second-order valence-corrected chi connectivity index (χ2v) is 10.1. The van der Waals surface area contributed by atoms with Crippen LogP contribution < -0.4 is 5.32 Å². The van der Waals surface area contributed by atoms with E-state index in [4.69, 9.17) is 0 Å². The van der Waals surface area contributed by atoms with Crippen molar-refractivity contribution in [3.05, 3.63) is 95.8 Å². The highest BCUT2D eigenvalue weighted by molar-refractivity contribution is 7.89. The van der Waals surface area contributed by atoms with Crippen LogP contribution in [0.2, 0.25) is 0 Å². The van der Waals surface area contributed by atoms with Crippen molar-refractivity contribution in [3.63, 3.8) is 0 Å². The van der Waals surface area contributed by atoms with Crippen molar-refractivity contribution in [2.24, 2.45) is 5.92 Å². The van der Waals surface area contributed by atoms with Crippen molar-refractivity contribution in [1.29, 1.82) is 0 Å². The number of sulfonamides is 1. The molecule has 3 aromatic rings. The zero-order valence-corrected chi connectivity index (χ0v) is 18.8. The Morgan fingerprint density at radius 3 is 2.16 bits per heavy atom. The second-order valence-electron chi connectivity index (χ2n) is 8.12. The number of carbonyl (C=O) groups is 1. The molecule has 1 fully saturated rings. The Morgan fingerprint density at radius 2 is 1.53 bits per heavy atom. The Kier molecular flexibility index (Phi) is 6.67. The van der Waals surface area contributed by atoms with Crippen LogP contribution in [-0.2, 0) is 14.8 Å². The van der Waals surface area contributed by atoms with Crippen molar-refractivity contribution in [3.8, 4) is 0 Å². The maximum atomic E-state index is 13.1. The molecule has 7 heteroatoms. The van der Waals surface area contributed by atoms with Crippen molar-refractivity contribution in [1.82, 2.24) is 14.6 Å². The van der Waals surface area contributed by atoms with Gasteiger partial charge in [0.15, 0.2) is 0 Å². The summed E-state index contributed by atoms with van der Waals surface area (Å²) in [5.74, 6) is -0.282. The number of hydrogen-bond acceptors (Lipinski definition) is 4. The summed E-state index contributed by atoms with van der Waals surface area (Å²) in [7, 11) is -3.54. The predicted molar refractivity (Wildman–Crippen MR) is 123 cm³/mol. The van der Waals surface area contributed by atoms with E-state index in [-0.39, 0.29) is 17.9 Å². The predicted octanol–water partition coefficient (Wildman–Crippen LogP) is 3.70. The van der Waals surface area contributed by atoms with E-state index in [1.54, 1.807) is 36.7 Å². The zero-order chi connectivity index (χ0) is 22.6. The highest BCUT2D eigenvalue weighted by Gasteiger charge is 2.33. The van der Waals surface area contributed by atoms with E-state index >= 15 is 0 Å². The highest BCUT2D eigenvalue weighted by Crippen LogP contribution is 2.27. The molecule has 1 amide bonds. The lowest BCUT2D eigenvalue weighted by Crippen LogP contribution is -2.43. The third kappa shape index (κ3) is 4.89. The summed E-state index contributed by atoms with van der Waals surface area (Å²) in [6, 6.07) is 20.2. The largest absolute Gasteiger partial charge is 0.345 e. The molecule has 2 heterocycles. The van der Waals surface area contributed by atoms with Gasteiger partial charge in [0.05, 0.1) is 10.9 Å². The monoisotopic (exact) mass is 449 g/mol. The van der Waals surface area contributed by atoms with E-state index in [0.29, 0.717) is 30.8 Å². The number of nitrogens with one attached hydrogen (secondary N) is 1. The van der Waals surface area contributed by atoms with Crippen LogP contribution in [0.5, 0.6) is 0 Å². The van der Waals surface area contributed by atoms with Crippen molar-refractivity contribution in [2.45, 2.75) is 30.7 Å². The maximum absolute atomic E-state index is 13.1. The second kappa shape index (κ2) is 9.63. The molecule has 6 nitrogen and oxygen atoms in total. The first-order valence-electron chi connectivity index (χ1n) is 10.8. The minimum atomic E-state index is -3.54. The molecule has 4 rings (SSSR count). The van der Waals surface area contributed by atoms with Gasteiger partial charge in [-0.1, -0.05) is 48.0 Å². The summed E-state index contributed by atoms with van der Waals surface area (Å²) >= 11 is 0. The van der Waals surface area contributed by atoms with Gasteiger partial charge < -0.3 is 5.32 Å². The fourth-order valence-corrected chi connectivity index (χ4v) is 5.51. The first kappa shape index (κ1) is 22.2. The average molecular weight is 450 g/mol. The minimum Gasteiger partial charge on any atom is -0.345 e. The van der Waals surface area contributed by atoms with Gasteiger partial charge in [-0.3, -0.25) is 9.78 Å². The SMILES string of the molecule is Cc1ccc(S(=O)(=O)N2CCC(C(=O)N[C@H](c3ccccc3)c3ccncc3)CC2)cc1. The van der Waals surface area contributed by atoms with Crippen molar-refractivity contribution < 1.29 is 13.2 Å². The molecular formula is C25H27N3O3S. The Hall–Kier alpha value is -3.03. The molecule has 0 aliphatic carbocycles. The molecule has 0 unspecified atom stereocenters. The number of aromatic nitrogens is 1. The lowest BCUT2D eigenvalue weighted by atomic mass is 9.94. The molecule has 1 aromatic heterocycles. The summed E-state index contributed by atoms with van der Waals surface area (Å²) < 4.78 is 27.4. The molecule has 0 spiro atoms. The first-order valence-corrected chi connectivity index (χ1v) is 12.2. The molecule has 1 N–H and O–H groups in total. The van der Waals surface area contributed by atoms with Crippen LogP contribution in [0.4, 0.5) is 0 Å². The number of nitrogens with zero attached hydrogens (tertiary/aromatic N) is 2. The number of benzene rings is 2. The lowest BCUT2D eigenvalue weighted by Gasteiger charge is -2.31. The highest BCUT2D eigenvalue weighted by atomic mass is 32.2. The number of rotatable bonds is 6. The number of pyridine rings is 1. The molecule has 2 aromatic carbocycles. The van der Waals surface area contributed by atoms with Crippen LogP contribution >= 0.6 is 0 Å². The fourth-order valence-electron chi connectivity index (χ4n) is 4.04. The van der Waals surface area contributed by atoms with E-state index in [0.717, 1.165) is 16.7 Å². The van der Waals surface area contributed by atoms with Crippen LogP contribution in [0.25, 0.3) is 0 Å². The zero-order valence-electron chi connectivity index (χ0n) is 18.0. The van der Waals surface area contributed by atoms with Gasteiger partial charge >= 0.3 is 0 Å². The number of hydrogen-bond donors (Lipinski definition) is 1. The van der Waals surface area contributed by atoms with Crippen molar-refractivity contribution >= 4 is 15.9 Å². The topological polar surface area (TPSA) is 79.4 Å². The van der Waals surface area contributed by atoms with Crippen LogP contribution in [0, 0.1) is 12.8 Å². The van der Waals surface area contributed by atoms with Gasteiger partial charge in [-0.15, -0.1) is 0 Å². The standard InChI is InChI=1S/C25H27N3O3S/c1-19-7-9-23(10-8-19)32(30,31)28-17-13-22(14-18-28)25(29)27-24(20-5-3-2-4-6-20)21-11-15-26-16-12-21/h2-12,15-16,22,24H,13-14,17-18H2,1H3,(H,27,29)/t24-/m1/s1. The van der Waals surface area contributed by atoms with E-state index in [1.807, 2.05) is 49.4 Å². The van der Waals surface area contributed by atoms with Gasteiger partial charge in [0.25, 0.3) is 0 Å². The average Bonchev–Trinajstić information content (AvgIpc) is 2.84. The smallest absolute Gasteiger partial charge is 0.243 e. The molecule has 1 saturated heterocycles. The van der Waals surface area contributed by atoms with Crippen LogP contribution in [0.1, 0.15) is 35.6 Å². The van der Waals surface area contributed by atoms with Gasteiger partial charge in [-0.25, -0.2) is 8.42 Å². The van der Waals surface area contributed by atoms with E-state index in [1.165, 1.54) is 4.31 Å². The Balaban J connectivity index is 1.44. The summed E-state index contributed by atoms with van der Waals surface area (Å²) in [4.78, 5) is 17.5. The number of amides is 1. The summed E-state index contributed by atoms with van der Waals surface area (Å²) in [5.41, 5.74) is 2.96. The quantitative estimate of drug-likeness (QED) is 0.622.